The third-order valence-electron chi connectivity index (χ3n) is 4.19. The number of anilines is 2. The van der Waals surface area contributed by atoms with Gasteiger partial charge in [-0.15, -0.1) is 0 Å². The Kier molecular flexibility index (Phi) is 5.91. The molecule has 2 aromatic carbocycles. The highest BCUT2D eigenvalue weighted by atomic mass is 127. The van der Waals surface area contributed by atoms with Crippen LogP contribution in [0.5, 0.6) is 0 Å². The topological polar surface area (TPSA) is 41.1 Å². The minimum absolute atomic E-state index is 0.0994. The van der Waals surface area contributed by atoms with E-state index in [0.717, 1.165) is 17.2 Å². The van der Waals surface area contributed by atoms with Crippen molar-refractivity contribution < 1.29 is 18.0 Å². The van der Waals surface area contributed by atoms with E-state index < -0.39 is 11.7 Å². The number of carbonyl (C=O) groups excluding carboxylic acids is 1. The number of hydrogen-bond acceptors (Lipinski definition) is 3. The number of benzene rings is 2. The summed E-state index contributed by atoms with van der Waals surface area (Å²) >= 11 is 2.08. The normalized spacial score (nSPS) is 16.3. The Labute approximate surface area is 171 Å². The highest BCUT2D eigenvalue weighted by Gasteiger charge is 2.34. The smallest absolute Gasteiger partial charge is 0.376 e. The van der Waals surface area contributed by atoms with Crippen molar-refractivity contribution in [2.45, 2.75) is 25.6 Å². The lowest BCUT2D eigenvalue weighted by atomic mass is 10.0. The maximum atomic E-state index is 13.2. The molecule has 0 fully saturated rings. The van der Waals surface area contributed by atoms with Crippen molar-refractivity contribution in [1.82, 2.24) is 0 Å². The second kappa shape index (κ2) is 8.02. The lowest BCUT2D eigenvalue weighted by Gasteiger charge is -2.19. The number of alkyl halides is 3. The molecule has 27 heavy (non-hydrogen) atoms. The van der Waals surface area contributed by atoms with Gasteiger partial charge in [-0.2, -0.15) is 13.2 Å². The number of amides is 1. The van der Waals surface area contributed by atoms with Crippen molar-refractivity contribution in [3.05, 3.63) is 58.7 Å². The maximum Gasteiger partial charge on any atom is 0.416 e. The lowest BCUT2D eigenvalue weighted by molar-refractivity contribution is -0.138. The molecule has 1 heterocycles. The molecule has 0 bridgehead atoms. The molecule has 0 saturated heterocycles. The lowest BCUT2D eigenvalue weighted by Crippen LogP contribution is -2.15. The van der Waals surface area contributed by atoms with E-state index in [2.05, 4.69) is 43.0 Å². The molecule has 1 aliphatic rings. The molecule has 1 aliphatic heterocycles. The first-order chi connectivity index (χ1) is 12.8. The first kappa shape index (κ1) is 19.9. The van der Waals surface area contributed by atoms with Crippen LogP contribution in [0.3, 0.4) is 0 Å². The molecule has 0 aromatic heterocycles. The van der Waals surface area contributed by atoms with Crippen molar-refractivity contribution in [1.29, 1.82) is 0 Å². The van der Waals surface area contributed by atoms with Gasteiger partial charge in [0.1, 0.15) is 0 Å². The molecule has 0 saturated carbocycles. The monoisotopic (exact) mass is 502 g/mol. The summed E-state index contributed by atoms with van der Waals surface area (Å²) in [6, 6.07) is 9.51. The van der Waals surface area contributed by atoms with Crippen molar-refractivity contribution in [2.75, 3.05) is 10.6 Å². The van der Waals surface area contributed by atoms with Crippen LogP contribution in [0.4, 0.5) is 24.5 Å². The number of aryl methyl sites for hydroxylation is 1. The fraction of sp³-hybridized carbons (Fsp3) is 0.211. The number of hydrogen-bond donors (Lipinski definition) is 2. The Balaban J connectivity index is 1.99. The maximum absolute atomic E-state index is 13.2. The molecule has 2 N–H and O–H groups in total. The minimum atomic E-state index is -4.47. The fourth-order valence-electron chi connectivity index (χ4n) is 2.97. The van der Waals surface area contributed by atoms with Gasteiger partial charge in [0.05, 0.1) is 29.4 Å². The van der Waals surface area contributed by atoms with Gasteiger partial charge in [0.15, 0.2) is 0 Å². The number of halogens is 4. The highest BCUT2D eigenvalue weighted by molar-refractivity contribution is 14.2. The molecule has 2 aromatic rings. The molecule has 8 heteroatoms. The summed E-state index contributed by atoms with van der Waals surface area (Å²) < 4.78 is 39.5. The average molecular weight is 502 g/mol. The molecule has 1 amide bonds. The summed E-state index contributed by atoms with van der Waals surface area (Å²) in [6.45, 7) is 1.41. The van der Waals surface area contributed by atoms with Crippen LogP contribution < -0.4 is 10.6 Å². The van der Waals surface area contributed by atoms with Gasteiger partial charge in [-0.3, -0.25) is 4.79 Å². The molecule has 0 aliphatic carbocycles. The van der Waals surface area contributed by atoms with Crippen LogP contribution in [0, 0.1) is 18.1 Å². The van der Waals surface area contributed by atoms with E-state index in [9.17, 15) is 18.0 Å². The van der Waals surface area contributed by atoms with E-state index in [1.807, 2.05) is 24.3 Å². The second-order valence-electron chi connectivity index (χ2n) is 6.09. The number of rotatable bonds is 1. The van der Waals surface area contributed by atoms with E-state index in [0.29, 0.717) is 5.69 Å². The predicted molar refractivity (Wildman–Crippen MR) is 111 cm³/mol. The van der Waals surface area contributed by atoms with E-state index >= 15 is 0 Å². The van der Waals surface area contributed by atoms with Gasteiger partial charge in [0.2, 0.25) is 5.91 Å². The van der Waals surface area contributed by atoms with Gasteiger partial charge in [-0.1, -0.05) is 18.1 Å². The molecule has 3 nitrogen and oxygen atoms in total. The molecule has 140 valence electrons. The minimum Gasteiger partial charge on any atom is -0.376 e. The Morgan fingerprint density at radius 2 is 2.00 bits per heavy atom. The molecular weight excluding hydrogens is 488 g/mol. The van der Waals surface area contributed by atoms with Crippen LogP contribution in [0.25, 0.3) is 0 Å². The van der Waals surface area contributed by atoms with Gasteiger partial charge in [-0.05, 0) is 56.5 Å². The van der Waals surface area contributed by atoms with Gasteiger partial charge in [0.25, 0.3) is 0 Å². The van der Waals surface area contributed by atoms with Gasteiger partial charge in [-0.25, -0.2) is 0 Å². The summed E-state index contributed by atoms with van der Waals surface area (Å²) in [5.41, 5.74) is 1.61. The zero-order valence-electron chi connectivity index (χ0n) is 14.1. The second-order valence-corrected chi connectivity index (χ2v) is 7.77. The SMILES string of the molecule is Cc1cc2c(cc1C(F)(F)F)NC(=O)CC(c1cccc(C#CSI)c1)N2. The van der Waals surface area contributed by atoms with Crippen molar-refractivity contribution >= 4 is 47.4 Å². The van der Waals surface area contributed by atoms with E-state index in [-0.39, 0.29) is 29.6 Å². The van der Waals surface area contributed by atoms with Crippen LogP contribution in [0.1, 0.15) is 34.7 Å². The fourth-order valence-corrected chi connectivity index (χ4v) is 3.46. The molecule has 0 radical (unpaired) electrons. The van der Waals surface area contributed by atoms with E-state index in [1.54, 1.807) is 0 Å². The van der Waals surface area contributed by atoms with Crippen LogP contribution in [-0.2, 0) is 11.0 Å². The molecule has 1 atom stereocenters. The van der Waals surface area contributed by atoms with Crippen LogP contribution in [0.2, 0.25) is 0 Å². The summed E-state index contributed by atoms with van der Waals surface area (Å²) in [5.74, 6) is 2.66. The molecule has 3 rings (SSSR count). The van der Waals surface area contributed by atoms with Crippen molar-refractivity contribution in [2.24, 2.45) is 0 Å². The van der Waals surface area contributed by atoms with Crippen LogP contribution >= 0.6 is 30.1 Å². The molecule has 0 spiro atoms. The summed E-state index contributed by atoms with van der Waals surface area (Å²) in [6.07, 6.45) is -4.37. The largest absolute Gasteiger partial charge is 0.416 e. The predicted octanol–water partition coefficient (Wildman–Crippen LogP) is 5.90. The summed E-state index contributed by atoms with van der Waals surface area (Å²) in [5, 5.41) is 8.69. The van der Waals surface area contributed by atoms with Crippen molar-refractivity contribution in [3.63, 3.8) is 0 Å². The summed E-state index contributed by atoms with van der Waals surface area (Å²) in [7, 11) is 1.37. The number of nitrogens with one attached hydrogen (secondary N) is 2. The Morgan fingerprint density at radius 1 is 1.22 bits per heavy atom. The van der Waals surface area contributed by atoms with Gasteiger partial charge >= 0.3 is 6.18 Å². The summed E-state index contributed by atoms with van der Waals surface area (Å²) in [4.78, 5) is 12.3. The van der Waals surface area contributed by atoms with E-state index in [4.69, 9.17) is 0 Å². The molecular formula is C19H14F3IN2OS. The van der Waals surface area contributed by atoms with E-state index in [1.165, 1.54) is 21.9 Å². The zero-order valence-corrected chi connectivity index (χ0v) is 17.1. The first-order valence-corrected chi connectivity index (χ1v) is 11.3. The van der Waals surface area contributed by atoms with Gasteiger partial charge < -0.3 is 10.6 Å². The third kappa shape index (κ3) is 4.71. The first-order valence-electron chi connectivity index (χ1n) is 7.94. The van der Waals surface area contributed by atoms with Crippen molar-refractivity contribution in [3.8, 4) is 11.2 Å². The third-order valence-corrected chi connectivity index (χ3v) is 5.03. The quantitative estimate of drug-likeness (QED) is 0.377. The average Bonchev–Trinajstić information content (AvgIpc) is 2.76. The van der Waals surface area contributed by atoms with Crippen LogP contribution in [0.15, 0.2) is 36.4 Å². The Morgan fingerprint density at radius 3 is 2.70 bits per heavy atom. The van der Waals surface area contributed by atoms with Gasteiger partial charge in [0, 0.05) is 26.8 Å². The zero-order chi connectivity index (χ0) is 19.6. The Bertz CT molecular complexity index is 950. The molecule has 1 unspecified atom stereocenters. The standard InChI is InChI=1S/C19H14F3IN2OS/c1-11-7-16-17(9-14(11)19(20,21)22)25-18(26)10-15(24-16)13-4-2-3-12(8-13)5-6-27-23/h2-4,7-9,15,24H,10H2,1H3,(H,25,26). The highest BCUT2D eigenvalue weighted by Crippen LogP contribution is 2.39. The van der Waals surface area contributed by atoms with Crippen LogP contribution in [-0.4, -0.2) is 5.91 Å². The number of carbonyl (C=O) groups is 1. The number of fused-ring (bicyclic) bond motifs is 1. The Hall–Kier alpha value is -1.86.